The van der Waals surface area contributed by atoms with Gasteiger partial charge in [0.2, 0.25) is 0 Å². The zero-order valence-corrected chi connectivity index (χ0v) is 9.38. The van der Waals surface area contributed by atoms with Gasteiger partial charge >= 0.3 is 0 Å². The number of nitrogen functional groups attached to an aromatic ring is 1. The van der Waals surface area contributed by atoms with Crippen molar-refractivity contribution >= 4 is 5.69 Å². The Morgan fingerprint density at radius 2 is 2.25 bits per heavy atom. The van der Waals surface area contributed by atoms with Crippen molar-refractivity contribution in [1.29, 1.82) is 0 Å². The molecule has 1 aromatic heterocycles. The topological polar surface area (TPSA) is 56.3 Å². The van der Waals surface area contributed by atoms with E-state index in [1.54, 1.807) is 6.20 Å². The predicted molar refractivity (Wildman–Crippen MR) is 61.1 cm³/mol. The lowest BCUT2D eigenvalue weighted by molar-refractivity contribution is -0.0757. The van der Waals surface area contributed by atoms with Crippen LogP contribution in [0.4, 0.5) is 5.69 Å². The van der Waals surface area contributed by atoms with E-state index in [1.807, 2.05) is 10.9 Å². The van der Waals surface area contributed by atoms with Crippen LogP contribution in [0.1, 0.15) is 18.9 Å². The van der Waals surface area contributed by atoms with Crippen LogP contribution in [0.15, 0.2) is 12.4 Å². The van der Waals surface area contributed by atoms with Gasteiger partial charge in [0.05, 0.1) is 37.2 Å². The second-order valence-electron chi connectivity index (χ2n) is 4.74. The van der Waals surface area contributed by atoms with E-state index in [0.717, 1.165) is 25.4 Å². The van der Waals surface area contributed by atoms with Crippen LogP contribution in [0.5, 0.6) is 0 Å². The molecule has 0 amide bonds. The summed E-state index contributed by atoms with van der Waals surface area (Å²) in [5.74, 6) is 0. The van der Waals surface area contributed by atoms with E-state index in [0.29, 0.717) is 12.1 Å². The Morgan fingerprint density at radius 3 is 2.88 bits per heavy atom. The van der Waals surface area contributed by atoms with E-state index < -0.39 is 0 Å². The molecule has 0 bridgehead atoms. The molecule has 2 fully saturated rings. The number of aromatic nitrogens is 2. The number of likely N-dealkylation sites (tertiary alicyclic amines) is 1. The van der Waals surface area contributed by atoms with Gasteiger partial charge < -0.3 is 10.5 Å². The first-order valence-corrected chi connectivity index (χ1v) is 5.94. The summed E-state index contributed by atoms with van der Waals surface area (Å²) < 4.78 is 7.26. The SMILES string of the molecule is Nc1cnn([C@@H]2CCCN(C3COC3)C2)c1. The Balaban J connectivity index is 1.67. The average Bonchev–Trinajstić information content (AvgIpc) is 2.63. The molecule has 5 nitrogen and oxygen atoms in total. The fourth-order valence-electron chi connectivity index (χ4n) is 2.52. The summed E-state index contributed by atoms with van der Waals surface area (Å²) in [7, 11) is 0. The Kier molecular flexibility index (Phi) is 2.57. The lowest BCUT2D eigenvalue weighted by Gasteiger charge is -2.41. The van der Waals surface area contributed by atoms with Crippen LogP contribution >= 0.6 is 0 Å². The smallest absolute Gasteiger partial charge is 0.0719 e. The summed E-state index contributed by atoms with van der Waals surface area (Å²) in [4.78, 5) is 2.52. The van der Waals surface area contributed by atoms with E-state index >= 15 is 0 Å². The molecule has 0 radical (unpaired) electrons. The second kappa shape index (κ2) is 4.07. The van der Waals surface area contributed by atoms with Crippen LogP contribution in [-0.2, 0) is 4.74 Å². The van der Waals surface area contributed by atoms with Crippen LogP contribution < -0.4 is 5.73 Å². The Morgan fingerprint density at radius 1 is 1.38 bits per heavy atom. The normalized spacial score (nSPS) is 27.9. The zero-order chi connectivity index (χ0) is 11.0. The molecular formula is C11H18N4O. The third-order valence-electron chi connectivity index (χ3n) is 3.56. The highest BCUT2D eigenvalue weighted by atomic mass is 16.5. The van der Waals surface area contributed by atoms with Gasteiger partial charge in [-0.2, -0.15) is 5.10 Å². The van der Waals surface area contributed by atoms with E-state index in [4.69, 9.17) is 10.5 Å². The molecule has 0 spiro atoms. The Bertz CT molecular complexity index is 361. The average molecular weight is 222 g/mol. The van der Waals surface area contributed by atoms with E-state index in [2.05, 4.69) is 10.00 Å². The Labute approximate surface area is 95.2 Å². The maximum atomic E-state index is 5.70. The molecule has 2 aliphatic rings. The molecule has 5 heteroatoms. The molecule has 3 heterocycles. The van der Waals surface area contributed by atoms with Crippen molar-refractivity contribution in [2.75, 3.05) is 32.0 Å². The van der Waals surface area contributed by atoms with Crippen molar-refractivity contribution in [1.82, 2.24) is 14.7 Å². The molecule has 2 N–H and O–H groups in total. The number of piperidine rings is 1. The Hall–Kier alpha value is -1.07. The standard InChI is InChI=1S/C11H18N4O/c12-9-4-13-15(5-9)10-2-1-3-14(6-10)11-7-16-8-11/h4-5,10-11H,1-3,6-8,12H2/t10-/m1/s1. The minimum atomic E-state index is 0.478. The number of ether oxygens (including phenoxy) is 1. The maximum Gasteiger partial charge on any atom is 0.0719 e. The first-order chi connectivity index (χ1) is 7.83. The van der Waals surface area contributed by atoms with E-state index in [-0.39, 0.29) is 0 Å². The minimum Gasteiger partial charge on any atom is -0.396 e. The highest BCUT2D eigenvalue weighted by Crippen LogP contribution is 2.24. The first-order valence-electron chi connectivity index (χ1n) is 5.94. The molecular weight excluding hydrogens is 204 g/mol. The van der Waals surface area contributed by atoms with Crippen molar-refractivity contribution in [2.45, 2.75) is 24.9 Å². The van der Waals surface area contributed by atoms with Gasteiger partial charge in [-0.3, -0.25) is 9.58 Å². The number of rotatable bonds is 2. The molecule has 0 saturated carbocycles. The summed E-state index contributed by atoms with van der Waals surface area (Å²) >= 11 is 0. The summed E-state index contributed by atoms with van der Waals surface area (Å²) in [6.45, 7) is 4.07. The molecule has 16 heavy (non-hydrogen) atoms. The van der Waals surface area contributed by atoms with Gasteiger partial charge in [-0.1, -0.05) is 0 Å². The summed E-state index contributed by atoms with van der Waals surface area (Å²) in [6, 6.07) is 1.11. The number of anilines is 1. The van der Waals surface area contributed by atoms with Crippen LogP contribution in [0.25, 0.3) is 0 Å². The maximum absolute atomic E-state index is 5.70. The van der Waals surface area contributed by atoms with Crippen molar-refractivity contribution in [3.05, 3.63) is 12.4 Å². The molecule has 0 aliphatic carbocycles. The molecule has 2 aliphatic heterocycles. The number of nitrogens with zero attached hydrogens (tertiary/aromatic N) is 3. The monoisotopic (exact) mass is 222 g/mol. The molecule has 1 atom stereocenters. The van der Waals surface area contributed by atoms with Gasteiger partial charge in [0.25, 0.3) is 0 Å². The molecule has 3 rings (SSSR count). The van der Waals surface area contributed by atoms with Crippen LogP contribution in [0, 0.1) is 0 Å². The molecule has 0 unspecified atom stereocenters. The van der Waals surface area contributed by atoms with Crippen LogP contribution in [0.3, 0.4) is 0 Å². The second-order valence-corrected chi connectivity index (χ2v) is 4.74. The fraction of sp³-hybridized carbons (Fsp3) is 0.727. The van der Waals surface area contributed by atoms with Gasteiger partial charge in [0.1, 0.15) is 0 Å². The van der Waals surface area contributed by atoms with Crippen molar-refractivity contribution in [2.24, 2.45) is 0 Å². The predicted octanol–water partition coefficient (Wildman–Crippen LogP) is 0.501. The van der Waals surface area contributed by atoms with Crippen LogP contribution in [-0.4, -0.2) is 47.0 Å². The minimum absolute atomic E-state index is 0.478. The van der Waals surface area contributed by atoms with Crippen molar-refractivity contribution in [3.8, 4) is 0 Å². The highest BCUT2D eigenvalue weighted by Gasteiger charge is 2.31. The number of nitrogens with two attached hydrogens (primary N) is 1. The molecule has 88 valence electrons. The van der Waals surface area contributed by atoms with E-state index in [9.17, 15) is 0 Å². The highest BCUT2D eigenvalue weighted by molar-refractivity contribution is 5.30. The van der Waals surface area contributed by atoms with Crippen molar-refractivity contribution < 1.29 is 4.74 Å². The van der Waals surface area contributed by atoms with Gasteiger partial charge in [-0.05, 0) is 19.4 Å². The summed E-state index contributed by atoms with van der Waals surface area (Å²) in [6.07, 6.45) is 6.10. The van der Waals surface area contributed by atoms with E-state index in [1.165, 1.54) is 19.4 Å². The lowest BCUT2D eigenvalue weighted by Crippen LogP contribution is -2.52. The van der Waals surface area contributed by atoms with Gasteiger partial charge in [0.15, 0.2) is 0 Å². The van der Waals surface area contributed by atoms with Gasteiger partial charge in [-0.25, -0.2) is 0 Å². The third kappa shape index (κ3) is 1.81. The molecule has 1 aromatic rings. The lowest BCUT2D eigenvalue weighted by atomic mass is 10.0. The molecule has 2 saturated heterocycles. The third-order valence-corrected chi connectivity index (χ3v) is 3.56. The summed E-state index contributed by atoms with van der Waals surface area (Å²) in [5, 5.41) is 4.31. The van der Waals surface area contributed by atoms with Gasteiger partial charge in [-0.15, -0.1) is 0 Å². The fourth-order valence-corrected chi connectivity index (χ4v) is 2.52. The van der Waals surface area contributed by atoms with Crippen LogP contribution in [0.2, 0.25) is 0 Å². The largest absolute Gasteiger partial charge is 0.396 e. The molecule has 0 aromatic carbocycles. The first kappa shape index (κ1) is 10.1. The van der Waals surface area contributed by atoms with Crippen molar-refractivity contribution in [3.63, 3.8) is 0 Å². The van der Waals surface area contributed by atoms with Gasteiger partial charge in [0, 0.05) is 12.7 Å². The summed E-state index contributed by atoms with van der Waals surface area (Å²) in [5.41, 5.74) is 6.45. The number of hydrogen-bond acceptors (Lipinski definition) is 4. The zero-order valence-electron chi connectivity index (χ0n) is 9.38. The quantitative estimate of drug-likeness (QED) is 0.791. The number of hydrogen-bond donors (Lipinski definition) is 1.